The Kier molecular flexibility index (Phi) is 17.8. The molecule has 0 bridgehead atoms. The molecule has 1 saturated carbocycles. The monoisotopic (exact) mass is 1160 g/mol. The maximum Gasteiger partial charge on any atom is 0.490 e. The highest BCUT2D eigenvalue weighted by Crippen LogP contribution is 2.34. The first-order valence-corrected chi connectivity index (χ1v) is 26.3. The number of rotatable bonds is 13. The highest BCUT2D eigenvalue weighted by molar-refractivity contribution is 7.90. The number of sulfonamides is 1. The number of hydrogen-bond donors (Lipinski definition) is 4. The van der Waals surface area contributed by atoms with Crippen LogP contribution in [0.4, 0.5) is 35.1 Å². The molecule has 4 heterocycles. The van der Waals surface area contributed by atoms with Gasteiger partial charge in [-0.3, -0.25) is 9.97 Å². The number of nitrogens with zero attached hydrogens (tertiary/aromatic N) is 6. The lowest BCUT2D eigenvalue weighted by Crippen LogP contribution is -2.40. The van der Waals surface area contributed by atoms with Crippen molar-refractivity contribution in [1.82, 2.24) is 34.3 Å². The van der Waals surface area contributed by atoms with Gasteiger partial charge >= 0.3 is 24.3 Å². The van der Waals surface area contributed by atoms with Crippen LogP contribution < -0.4 is 19.9 Å². The maximum absolute atomic E-state index is 13.4. The average molecular weight is 1160 g/mol. The zero-order valence-electron chi connectivity index (χ0n) is 43.0. The molecule has 1 aliphatic carbocycles. The topological polar surface area (TPSA) is 227 Å². The van der Waals surface area contributed by atoms with E-state index in [2.05, 4.69) is 31.0 Å². The Morgan fingerprint density at radius 1 is 0.585 bits per heavy atom. The number of hydrogen-bond acceptors (Lipinski definition) is 11. The zero-order chi connectivity index (χ0) is 59.1. The van der Waals surface area contributed by atoms with Crippen molar-refractivity contribution in [2.24, 2.45) is 5.73 Å². The van der Waals surface area contributed by atoms with Gasteiger partial charge in [-0.1, -0.05) is 36.4 Å². The van der Waals surface area contributed by atoms with Gasteiger partial charge in [0.05, 0.1) is 57.1 Å². The molecule has 1 fully saturated rings. The van der Waals surface area contributed by atoms with Gasteiger partial charge in [0.1, 0.15) is 35.3 Å². The number of pyridine rings is 2. The first-order valence-electron chi connectivity index (χ1n) is 24.7. The molecule has 10 aromatic rings. The van der Waals surface area contributed by atoms with Gasteiger partial charge in [0.15, 0.2) is 0 Å². The van der Waals surface area contributed by atoms with E-state index in [1.54, 1.807) is 52.2 Å². The van der Waals surface area contributed by atoms with Crippen molar-refractivity contribution in [2.45, 2.75) is 68.6 Å². The molecule has 6 aromatic carbocycles. The summed E-state index contributed by atoms with van der Waals surface area (Å²) in [6.45, 7) is 3.73. The van der Waals surface area contributed by atoms with Crippen LogP contribution >= 0.6 is 0 Å². The number of benzene rings is 6. The van der Waals surface area contributed by atoms with Crippen LogP contribution in [0.2, 0.25) is 0 Å². The van der Waals surface area contributed by atoms with Crippen molar-refractivity contribution in [2.75, 3.05) is 0 Å². The third-order valence-corrected chi connectivity index (χ3v) is 14.4. The predicted molar refractivity (Wildman–Crippen MR) is 288 cm³/mol. The van der Waals surface area contributed by atoms with Crippen LogP contribution in [0.3, 0.4) is 0 Å². The van der Waals surface area contributed by atoms with Gasteiger partial charge in [-0.15, -0.1) is 0 Å². The largest absolute Gasteiger partial charge is 0.490 e. The fourth-order valence-corrected chi connectivity index (χ4v) is 9.85. The Labute approximate surface area is 461 Å². The molecular weight excluding hydrogens is 1110 g/mol. The number of fused-ring (bicyclic) bond motifs is 4. The van der Waals surface area contributed by atoms with Gasteiger partial charge in [0.25, 0.3) is 0 Å². The summed E-state index contributed by atoms with van der Waals surface area (Å²) in [5.41, 5.74) is 13.0. The number of ether oxygens (including phenoxy) is 2. The lowest BCUT2D eigenvalue weighted by molar-refractivity contribution is -0.193. The second kappa shape index (κ2) is 24.7. The van der Waals surface area contributed by atoms with Gasteiger partial charge < -0.3 is 25.4 Å². The van der Waals surface area contributed by atoms with Crippen LogP contribution in [0.1, 0.15) is 50.0 Å². The van der Waals surface area contributed by atoms with Crippen molar-refractivity contribution in [3.63, 3.8) is 0 Å². The molecule has 11 rings (SSSR count). The Bertz CT molecular complexity index is 3970. The molecule has 2 unspecified atom stereocenters. The molecule has 5 N–H and O–H groups in total. The standard InChI is InChI=1S/C28H25FN4O3S.C25H21FN4O.2C2HF3O2/c1-18(32-37(34,35)25-11-12-25)28(21-14-19-4-2-3-5-26(19)30-16-21)36-24-10-13-27-20(15-24)17-31-33(27)23-8-6-22(29)7-9-23;1-16(27)25(19-12-17-4-2-3-5-23(17)28-14-19)31-22-10-11-24-18(13-22)15-29-30(24)21-8-6-20(26)7-9-21;2*3-2(4,5)1(6)7/h2-10,13-18,25,28,32H,11-12H2,1H3;2-16,25H,27H2,1H3;2*(H,6,7)/t18-,28-;;;/m0.../s1. The minimum atomic E-state index is -5.08. The van der Waals surface area contributed by atoms with Crippen LogP contribution in [0.15, 0.2) is 170 Å². The number of carbonyl (C=O) groups is 2. The number of carboxylic acid groups (broad SMARTS) is 2. The molecule has 426 valence electrons. The molecule has 0 radical (unpaired) electrons. The van der Waals surface area contributed by atoms with Gasteiger partial charge in [-0.25, -0.2) is 40.9 Å². The van der Waals surface area contributed by atoms with Crippen LogP contribution in [0.5, 0.6) is 11.5 Å². The second-order valence-corrected chi connectivity index (χ2v) is 20.6. The minimum absolute atomic E-state index is 0.236. The molecule has 4 atom stereocenters. The molecule has 0 amide bonds. The van der Waals surface area contributed by atoms with Crippen LogP contribution in [-0.2, 0) is 19.6 Å². The Morgan fingerprint density at radius 3 is 1.37 bits per heavy atom. The number of nitrogens with two attached hydrogens (primary N) is 1. The molecular formula is C57H48F8N8O8S. The second-order valence-electron chi connectivity index (χ2n) is 18.6. The number of nitrogens with one attached hydrogen (secondary N) is 1. The van der Waals surface area contributed by atoms with Crippen LogP contribution in [0, 0.1) is 11.6 Å². The Hall–Kier alpha value is -9.07. The molecule has 0 saturated heterocycles. The molecule has 25 heteroatoms. The number of carboxylic acids is 2. The number of alkyl halides is 6. The predicted octanol–water partition coefficient (Wildman–Crippen LogP) is 11.7. The summed E-state index contributed by atoms with van der Waals surface area (Å²) in [7, 11) is -3.43. The minimum Gasteiger partial charge on any atom is -0.484 e. The lowest BCUT2D eigenvalue weighted by atomic mass is 10.0. The number of para-hydroxylation sites is 2. The lowest BCUT2D eigenvalue weighted by Gasteiger charge is -2.26. The number of aromatic nitrogens is 6. The van der Waals surface area contributed by atoms with Gasteiger partial charge in [0, 0.05) is 51.1 Å². The van der Waals surface area contributed by atoms with Gasteiger partial charge in [-0.05, 0) is 136 Å². The van der Waals surface area contributed by atoms with Crippen molar-refractivity contribution >= 4 is 65.6 Å². The fourth-order valence-electron chi connectivity index (χ4n) is 8.26. The van der Waals surface area contributed by atoms with E-state index in [1.165, 1.54) is 24.3 Å². The fraction of sp³-hybridized carbons (Fsp3) is 0.193. The van der Waals surface area contributed by atoms with E-state index in [4.69, 9.17) is 35.0 Å². The zero-order valence-corrected chi connectivity index (χ0v) is 43.8. The Balaban J connectivity index is 0.000000176. The van der Waals surface area contributed by atoms with Crippen LogP contribution in [0.25, 0.3) is 55.0 Å². The number of halogens is 8. The van der Waals surface area contributed by atoms with E-state index in [9.17, 15) is 43.5 Å². The quantitative estimate of drug-likeness (QED) is 0.0789. The normalized spacial score (nSPS) is 14.0. The SMILES string of the molecule is CC(N)C(Oc1ccc2c(cnn2-c2ccc(F)cc2)c1)c1cnc2ccccc2c1.C[C@H](NS(=O)(=O)C1CC1)[C@H](Oc1ccc2c(cnn2-c2ccc(F)cc2)c1)c1cnc2ccccc2c1.O=C(O)C(F)(F)F.O=C(O)C(F)(F)F. The summed E-state index contributed by atoms with van der Waals surface area (Å²) in [6, 6.07) is 42.7. The van der Waals surface area contributed by atoms with Crippen molar-refractivity contribution in [3.8, 4) is 22.9 Å². The molecule has 4 aromatic heterocycles. The van der Waals surface area contributed by atoms with Crippen molar-refractivity contribution < 1.29 is 72.8 Å². The summed E-state index contributed by atoms with van der Waals surface area (Å²) in [5.74, 6) is -4.83. The third-order valence-electron chi connectivity index (χ3n) is 12.4. The summed E-state index contributed by atoms with van der Waals surface area (Å²) in [5, 5.41) is 26.6. The molecule has 1 aliphatic rings. The van der Waals surface area contributed by atoms with E-state index in [-0.39, 0.29) is 29.0 Å². The van der Waals surface area contributed by atoms with Crippen LogP contribution in [-0.4, -0.2) is 89.8 Å². The summed E-state index contributed by atoms with van der Waals surface area (Å²) in [4.78, 5) is 26.9. The van der Waals surface area contributed by atoms with E-state index >= 15 is 0 Å². The van der Waals surface area contributed by atoms with Gasteiger partial charge in [-0.2, -0.15) is 36.5 Å². The highest BCUT2D eigenvalue weighted by Gasteiger charge is 2.40. The van der Waals surface area contributed by atoms with Crippen molar-refractivity contribution in [1.29, 1.82) is 0 Å². The molecule has 82 heavy (non-hydrogen) atoms. The first-order chi connectivity index (χ1) is 38.8. The Morgan fingerprint density at radius 2 is 0.976 bits per heavy atom. The van der Waals surface area contributed by atoms with E-state index < -0.39 is 46.5 Å². The first kappa shape index (κ1) is 59.1. The van der Waals surface area contributed by atoms with E-state index in [0.29, 0.717) is 24.3 Å². The van der Waals surface area contributed by atoms with E-state index in [0.717, 1.165) is 66.1 Å². The van der Waals surface area contributed by atoms with Crippen molar-refractivity contribution in [3.05, 3.63) is 193 Å². The smallest absolute Gasteiger partial charge is 0.484 e. The van der Waals surface area contributed by atoms with Gasteiger partial charge in [0.2, 0.25) is 10.0 Å². The average Bonchev–Trinajstić information content (AvgIpc) is 4.24. The summed E-state index contributed by atoms with van der Waals surface area (Å²) in [6.07, 6.45) is -2.72. The molecule has 16 nitrogen and oxygen atoms in total. The molecule has 0 spiro atoms. The summed E-state index contributed by atoms with van der Waals surface area (Å²) >= 11 is 0. The number of aliphatic carboxylic acids is 2. The maximum atomic E-state index is 13.4. The third kappa shape index (κ3) is 14.8. The highest BCUT2D eigenvalue weighted by atomic mass is 32.2. The summed E-state index contributed by atoms with van der Waals surface area (Å²) < 4.78 is 135. The molecule has 0 aliphatic heterocycles. The van der Waals surface area contributed by atoms with E-state index in [1.807, 2.05) is 111 Å².